The molecular formula is C18H20N2O3. The van der Waals surface area contributed by atoms with Crippen LogP contribution in [0, 0.1) is 0 Å². The van der Waals surface area contributed by atoms with Crippen molar-refractivity contribution in [3.8, 4) is 5.75 Å². The van der Waals surface area contributed by atoms with E-state index in [1.165, 1.54) is 6.92 Å². The molecular weight excluding hydrogens is 292 g/mol. The van der Waals surface area contributed by atoms with Crippen LogP contribution in [0.1, 0.15) is 23.7 Å². The van der Waals surface area contributed by atoms with Crippen molar-refractivity contribution in [1.82, 2.24) is 0 Å². The number of carbonyl (C=O) groups is 2. The molecule has 0 atom stereocenters. The van der Waals surface area contributed by atoms with E-state index in [0.29, 0.717) is 24.2 Å². The summed E-state index contributed by atoms with van der Waals surface area (Å²) in [7, 11) is 1.61. The van der Waals surface area contributed by atoms with E-state index in [-0.39, 0.29) is 11.7 Å². The summed E-state index contributed by atoms with van der Waals surface area (Å²) in [4.78, 5) is 23.1. The first-order valence-corrected chi connectivity index (χ1v) is 7.38. The van der Waals surface area contributed by atoms with E-state index < -0.39 is 0 Å². The van der Waals surface area contributed by atoms with Crippen LogP contribution < -0.4 is 15.4 Å². The van der Waals surface area contributed by atoms with E-state index in [1.807, 2.05) is 24.3 Å². The van der Waals surface area contributed by atoms with Crippen LogP contribution in [0.25, 0.3) is 0 Å². The van der Waals surface area contributed by atoms with Gasteiger partial charge in [-0.15, -0.1) is 0 Å². The minimum absolute atomic E-state index is 0.00360. The molecule has 0 bridgehead atoms. The van der Waals surface area contributed by atoms with E-state index in [4.69, 9.17) is 4.74 Å². The van der Waals surface area contributed by atoms with Gasteiger partial charge in [-0.05, 0) is 43.3 Å². The van der Waals surface area contributed by atoms with E-state index in [9.17, 15) is 9.59 Å². The Balaban J connectivity index is 1.82. The maximum absolute atomic E-state index is 11.9. The molecule has 0 radical (unpaired) electrons. The summed E-state index contributed by atoms with van der Waals surface area (Å²) < 4.78 is 5.24. The number of rotatable bonds is 7. The zero-order valence-electron chi connectivity index (χ0n) is 13.3. The van der Waals surface area contributed by atoms with Gasteiger partial charge < -0.3 is 15.4 Å². The first-order valence-electron chi connectivity index (χ1n) is 7.38. The van der Waals surface area contributed by atoms with Crippen LogP contribution in [0.3, 0.4) is 0 Å². The average Bonchev–Trinajstić information content (AvgIpc) is 2.55. The lowest BCUT2D eigenvalue weighted by molar-refractivity contribution is -0.115. The molecule has 0 aliphatic rings. The topological polar surface area (TPSA) is 67.4 Å². The molecule has 0 spiro atoms. The molecule has 2 aromatic carbocycles. The first kappa shape index (κ1) is 16.5. The highest BCUT2D eigenvalue weighted by Gasteiger charge is 2.05. The molecule has 2 aromatic rings. The van der Waals surface area contributed by atoms with Crippen LogP contribution in [0.5, 0.6) is 5.75 Å². The Labute approximate surface area is 135 Å². The normalized spacial score (nSPS) is 10.0. The summed E-state index contributed by atoms with van der Waals surface area (Å²) >= 11 is 0. The van der Waals surface area contributed by atoms with Crippen molar-refractivity contribution in [1.29, 1.82) is 0 Å². The molecule has 0 heterocycles. The van der Waals surface area contributed by atoms with E-state index in [2.05, 4.69) is 10.6 Å². The number of nitrogens with one attached hydrogen (secondary N) is 2. The molecule has 0 aliphatic heterocycles. The van der Waals surface area contributed by atoms with Gasteiger partial charge in [0.1, 0.15) is 5.75 Å². The van der Waals surface area contributed by atoms with Gasteiger partial charge in [0.25, 0.3) is 0 Å². The van der Waals surface area contributed by atoms with Crippen molar-refractivity contribution < 1.29 is 14.3 Å². The molecule has 23 heavy (non-hydrogen) atoms. The number of hydrogen-bond donors (Lipinski definition) is 2. The van der Waals surface area contributed by atoms with Crippen LogP contribution >= 0.6 is 0 Å². The monoisotopic (exact) mass is 312 g/mol. The number of Topliss-reactive ketones (excluding diaryl/α,β-unsaturated/α-hetero) is 1. The summed E-state index contributed by atoms with van der Waals surface area (Å²) in [6, 6.07) is 14.4. The van der Waals surface area contributed by atoms with Crippen LogP contribution in [0.15, 0.2) is 48.5 Å². The third-order valence-corrected chi connectivity index (χ3v) is 3.35. The van der Waals surface area contributed by atoms with E-state index in [1.54, 1.807) is 31.4 Å². The molecule has 5 heteroatoms. The van der Waals surface area contributed by atoms with E-state index in [0.717, 1.165) is 11.4 Å². The zero-order valence-corrected chi connectivity index (χ0v) is 13.3. The fourth-order valence-corrected chi connectivity index (χ4v) is 2.11. The molecule has 2 N–H and O–H groups in total. The maximum Gasteiger partial charge on any atom is 0.226 e. The van der Waals surface area contributed by atoms with Gasteiger partial charge in [-0.3, -0.25) is 9.59 Å². The Morgan fingerprint density at radius 3 is 2.39 bits per heavy atom. The van der Waals surface area contributed by atoms with Gasteiger partial charge in [0.2, 0.25) is 5.91 Å². The Hall–Kier alpha value is -2.82. The second-order valence-electron chi connectivity index (χ2n) is 5.06. The van der Waals surface area contributed by atoms with Crippen LogP contribution in [0.2, 0.25) is 0 Å². The summed E-state index contributed by atoms with van der Waals surface area (Å²) in [5.74, 6) is 0.652. The lowest BCUT2D eigenvalue weighted by atomic mass is 10.1. The first-order chi connectivity index (χ1) is 11.1. The highest BCUT2D eigenvalue weighted by molar-refractivity contribution is 5.95. The molecule has 0 saturated carbocycles. The maximum atomic E-state index is 11.9. The summed E-state index contributed by atoms with van der Waals surface area (Å²) in [6.07, 6.45) is 0.326. The fraction of sp³-hybridized carbons (Fsp3) is 0.222. The Bertz CT molecular complexity index is 681. The molecule has 2 rings (SSSR count). The van der Waals surface area contributed by atoms with Gasteiger partial charge in [0.05, 0.1) is 12.8 Å². The number of carbonyl (C=O) groups excluding carboxylic acids is 2. The predicted octanol–water partition coefficient (Wildman–Crippen LogP) is 3.34. The molecule has 0 unspecified atom stereocenters. The van der Waals surface area contributed by atoms with Crippen molar-refractivity contribution in [3.05, 3.63) is 54.1 Å². The Morgan fingerprint density at radius 1 is 1.04 bits per heavy atom. The summed E-state index contributed by atoms with van der Waals surface area (Å²) in [6.45, 7) is 2.01. The van der Waals surface area contributed by atoms with Gasteiger partial charge in [0.15, 0.2) is 5.78 Å². The number of benzene rings is 2. The number of ether oxygens (including phenoxy) is 1. The van der Waals surface area contributed by atoms with Crippen molar-refractivity contribution in [2.75, 3.05) is 24.3 Å². The van der Waals surface area contributed by atoms with Gasteiger partial charge in [0, 0.05) is 24.2 Å². The molecule has 0 fully saturated rings. The largest absolute Gasteiger partial charge is 0.495 e. The molecule has 1 amide bonds. The minimum atomic E-state index is -0.0945. The number of amides is 1. The number of hydrogen-bond acceptors (Lipinski definition) is 4. The third kappa shape index (κ3) is 4.85. The van der Waals surface area contributed by atoms with Gasteiger partial charge >= 0.3 is 0 Å². The lowest BCUT2D eigenvalue weighted by Crippen LogP contribution is -2.16. The summed E-state index contributed by atoms with van der Waals surface area (Å²) in [5.41, 5.74) is 2.16. The molecule has 0 saturated heterocycles. The second kappa shape index (κ2) is 7.98. The highest BCUT2D eigenvalue weighted by atomic mass is 16.5. The molecule has 5 nitrogen and oxygen atoms in total. The third-order valence-electron chi connectivity index (χ3n) is 3.35. The lowest BCUT2D eigenvalue weighted by Gasteiger charge is -2.11. The molecule has 0 aromatic heterocycles. The number of para-hydroxylation sites is 2. The number of anilines is 2. The number of methoxy groups -OCH3 is 1. The predicted molar refractivity (Wildman–Crippen MR) is 91.2 cm³/mol. The average molecular weight is 312 g/mol. The zero-order chi connectivity index (χ0) is 16.7. The Morgan fingerprint density at radius 2 is 1.74 bits per heavy atom. The van der Waals surface area contributed by atoms with Gasteiger partial charge in [-0.2, -0.15) is 0 Å². The SMILES string of the molecule is COc1ccccc1NCCC(=O)Nc1ccc(C(C)=O)cc1. The quantitative estimate of drug-likeness (QED) is 0.770. The molecule has 0 aliphatic carbocycles. The van der Waals surface area contributed by atoms with Crippen molar-refractivity contribution >= 4 is 23.1 Å². The molecule has 120 valence electrons. The van der Waals surface area contributed by atoms with Gasteiger partial charge in [-0.1, -0.05) is 12.1 Å². The van der Waals surface area contributed by atoms with Crippen molar-refractivity contribution in [2.24, 2.45) is 0 Å². The smallest absolute Gasteiger partial charge is 0.226 e. The van der Waals surface area contributed by atoms with E-state index >= 15 is 0 Å². The minimum Gasteiger partial charge on any atom is -0.495 e. The van der Waals surface area contributed by atoms with Crippen LogP contribution in [-0.2, 0) is 4.79 Å². The number of ketones is 1. The van der Waals surface area contributed by atoms with Gasteiger partial charge in [-0.25, -0.2) is 0 Å². The van der Waals surface area contributed by atoms with Crippen molar-refractivity contribution in [3.63, 3.8) is 0 Å². The fourth-order valence-electron chi connectivity index (χ4n) is 2.11. The standard InChI is InChI=1S/C18H20N2O3/c1-13(21)14-7-9-15(10-8-14)20-18(22)11-12-19-16-5-3-4-6-17(16)23-2/h3-10,19H,11-12H2,1-2H3,(H,20,22). The van der Waals surface area contributed by atoms with Crippen LogP contribution in [0.4, 0.5) is 11.4 Å². The second-order valence-corrected chi connectivity index (χ2v) is 5.06. The highest BCUT2D eigenvalue weighted by Crippen LogP contribution is 2.22. The Kier molecular flexibility index (Phi) is 5.74. The van der Waals surface area contributed by atoms with Crippen LogP contribution in [-0.4, -0.2) is 25.3 Å². The summed E-state index contributed by atoms with van der Waals surface area (Å²) in [5, 5.41) is 5.98. The van der Waals surface area contributed by atoms with Crippen molar-refractivity contribution in [2.45, 2.75) is 13.3 Å².